The van der Waals surface area contributed by atoms with Crippen molar-refractivity contribution in [2.24, 2.45) is 0 Å². The minimum Gasteiger partial charge on any atom is -0.508 e. The lowest BCUT2D eigenvalue weighted by molar-refractivity contribution is -0.138. The van der Waals surface area contributed by atoms with Crippen molar-refractivity contribution in [3.63, 3.8) is 0 Å². The zero-order valence-corrected chi connectivity index (χ0v) is 27.5. The minimum atomic E-state index is -1.14. The van der Waals surface area contributed by atoms with Crippen LogP contribution in [0.25, 0.3) is 0 Å². The number of piperidine rings is 1. The molecule has 4 amide bonds. The first-order chi connectivity index (χ1) is 21.6. The van der Waals surface area contributed by atoms with Crippen molar-refractivity contribution in [1.82, 2.24) is 15.1 Å². The molecule has 5 rings (SSSR count). The van der Waals surface area contributed by atoms with E-state index in [0.29, 0.717) is 58.4 Å². The van der Waals surface area contributed by atoms with Gasteiger partial charge in [-0.25, -0.2) is 4.79 Å². The molecule has 0 radical (unpaired) electrons. The van der Waals surface area contributed by atoms with Crippen LogP contribution in [0.2, 0.25) is 0 Å². The number of rotatable bonds is 9. The Morgan fingerprint density at radius 1 is 1.02 bits per heavy atom. The number of anilines is 2. The lowest BCUT2D eigenvalue weighted by Gasteiger charge is -2.39. The second kappa shape index (κ2) is 14.3. The summed E-state index contributed by atoms with van der Waals surface area (Å²) < 4.78 is 6.56. The molecule has 13 heteroatoms. The highest BCUT2D eigenvalue weighted by Crippen LogP contribution is 2.30. The van der Waals surface area contributed by atoms with Gasteiger partial charge in [-0.2, -0.15) is 0 Å². The topological polar surface area (TPSA) is 154 Å². The molecule has 3 aromatic carbocycles. The number of amides is 4. The number of ether oxygens (including phenoxy) is 1. The standard InChI is InChI=1S/C32H33Br2N5O6/c33-24-15-20(16-25(34)30(24)35)28(41)17-27(36-29(42)18-45-23-7-5-22(40)6-8-23)31(43)38-12-10-21(11-13-38)39-14-9-19-3-1-2-4-26(19)37-32(39)44/h1-8,15-16,21,27,40H,9-14,17-18,35H2,(H,36,42)(H,37,44)/t27-/m1/s1. The summed E-state index contributed by atoms with van der Waals surface area (Å²) in [6.07, 6.45) is 1.57. The highest BCUT2D eigenvalue weighted by atomic mass is 79.9. The smallest absolute Gasteiger partial charge is 0.322 e. The predicted molar refractivity (Wildman–Crippen MR) is 176 cm³/mol. The minimum absolute atomic E-state index is 0.0544. The van der Waals surface area contributed by atoms with Gasteiger partial charge in [-0.1, -0.05) is 18.2 Å². The molecule has 0 aliphatic carbocycles. The monoisotopic (exact) mass is 741 g/mol. The summed E-state index contributed by atoms with van der Waals surface area (Å²) in [7, 11) is 0. The van der Waals surface area contributed by atoms with Gasteiger partial charge in [-0.3, -0.25) is 14.4 Å². The summed E-state index contributed by atoms with van der Waals surface area (Å²) in [6.45, 7) is 0.909. The van der Waals surface area contributed by atoms with Crippen molar-refractivity contribution in [1.29, 1.82) is 0 Å². The normalized spacial score (nSPS) is 15.8. The van der Waals surface area contributed by atoms with Crippen LogP contribution < -0.4 is 21.1 Å². The first-order valence-electron chi connectivity index (χ1n) is 14.5. The van der Waals surface area contributed by atoms with Gasteiger partial charge in [-0.05, 0) is 99.2 Å². The van der Waals surface area contributed by atoms with Crippen molar-refractivity contribution in [2.45, 2.75) is 37.8 Å². The quantitative estimate of drug-likeness (QED) is 0.183. The van der Waals surface area contributed by atoms with Gasteiger partial charge < -0.3 is 36.0 Å². The highest BCUT2D eigenvalue weighted by molar-refractivity contribution is 9.11. The summed E-state index contributed by atoms with van der Waals surface area (Å²) in [5, 5.41) is 15.2. The van der Waals surface area contributed by atoms with Crippen LogP contribution in [0.15, 0.2) is 69.6 Å². The van der Waals surface area contributed by atoms with Crippen LogP contribution in [0, 0.1) is 0 Å². The van der Waals surface area contributed by atoms with E-state index in [2.05, 4.69) is 42.5 Å². The Labute approximate surface area is 277 Å². The number of nitrogen functional groups attached to an aromatic ring is 1. The van der Waals surface area contributed by atoms with E-state index in [4.69, 9.17) is 10.5 Å². The third-order valence-electron chi connectivity index (χ3n) is 7.99. The number of likely N-dealkylation sites (tertiary alicyclic amines) is 1. The second-order valence-electron chi connectivity index (χ2n) is 11.0. The predicted octanol–water partition coefficient (Wildman–Crippen LogP) is 4.72. The van der Waals surface area contributed by atoms with E-state index < -0.39 is 18.6 Å². The number of carbonyl (C=O) groups excluding carboxylic acids is 4. The Kier molecular flexibility index (Phi) is 10.3. The van der Waals surface area contributed by atoms with E-state index in [-0.39, 0.29) is 35.9 Å². The van der Waals surface area contributed by atoms with Crippen molar-refractivity contribution in [3.05, 3.63) is 80.7 Å². The van der Waals surface area contributed by atoms with Gasteiger partial charge in [0, 0.05) is 52.3 Å². The number of hydrogen-bond donors (Lipinski definition) is 4. The molecule has 2 heterocycles. The van der Waals surface area contributed by atoms with Crippen LogP contribution in [-0.4, -0.2) is 76.9 Å². The molecule has 2 aliphatic rings. The molecule has 1 atom stereocenters. The van der Waals surface area contributed by atoms with E-state index in [1.54, 1.807) is 17.0 Å². The molecule has 45 heavy (non-hydrogen) atoms. The maximum Gasteiger partial charge on any atom is 0.322 e. The van der Waals surface area contributed by atoms with E-state index in [9.17, 15) is 24.3 Å². The molecule has 236 valence electrons. The van der Waals surface area contributed by atoms with Crippen LogP contribution in [0.4, 0.5) is 16.2 Å². The van der Waals surface area contributed by atoms with Gasteiger partial charge in [0.15, 0.2) is 12.4 Å². The number of benzene rings is 3. The van der Waals surface area contributed by atoms with Crippen molar-refractivity contribution >= 4 is 66.9 Å². The first-order valence-corrected chi connectivity index (χ1v) is 16.1. The molecule has 5 N–H and O–H groups in total. The largest absolute Gasteiger partial charge is 0.508 e. The molecule has 11 nitrogen and oxygen atoms in total. The van der Waals surface area contributed by atoms with Gasteiger partial charge in [0.25, 0.3) is 5.91 Å². The van der Waals surface area contributed by atoms with Gasteiger partial charge in [0.2, 0.25) is 5.91 Å². The van der Waals surface area contributed by atoms with Crippen LogP contribution in [-0.2, 0) is 16.0 Å². The number of urea groups is 1. The lowest BCUT2D eigenvalue weighted by Crippen LogP contribution is -2.55. The molecular formula is C32H33Br2N5O6. The van der Waals surface area contributed by atoms with E-state index in [0.717, 1.165) is 17.7 Å². The van der Waals surface area contributed by atoms with Crippen LogP contribution in [0.1, 0.15) is 35.2 Å². The fraction of sp³-hybridized carbons (Fsp3) is 0.312. The molecule has 1 saturated heterocycles. The molecular weight excluding hydrogens is 710 g/mol. The number of halogens is 2. The summed E-state index contributed by atoms with van der Waals surface area (Å²) in [6, 6.07) is 15.4. The Morgan fingerprint density at radius 3 is 2.38 bits per heavy atom. The molecule has 0 unspecified atom stereocenters. The van der Waals surface area contributed by atoms with E-state index in [1.165, 1.54) is 24.3 Å². The number of nitrogens with two attached hydrogens (primary N) is 1. The Bertz CT molecular complexity index is 1570. The van der Waals surface area contributed by atoms with Gasteiger partial charge >= 0.3 is 6.03 Å². The fourth-order valence-corrected chi connectivity index (χ4v) is 6.72. The number of phenolic OH excluding ortho intramolecular Hbond substituents is 1. The van der Waals surface area contributed by atoms with Crippen molar-refractivity contribution < 1.29 is 29.0 Å². The maximum atomic E-state index is 13.8. The van der Waals surface area contributed by atoms with Crippen LogP contribution in [0.5, 0.6) is 11.5 Å². The Morgan fingerprint density at radius 2 is 1.69 bits per heavy atom. The fourth-order valence-electron chi connectivity index (χ4n) is 5.53. The number of ketones is 1. The number of hydrogen-bond acceptors (Lipinski definition) is 7. The average molecular weight is 743 g/mol. The van der Waals surface area contributed by atoms with Gasteiger partial charge in [-0.15, -0.1) is 0 Å². The first kappa shape index (κ1) is 32.3. The number of Topliss-reactive ketones (excluding diaryl/α,β-unsaturated/α-hetero) is 1. The zero-order chi connectivity index (χ0) is 32.1. The summed E-state index contributed by atoms with van der Waals surface area (Å²) in [4.78, 5) is 56.6. The average Bonchev–Trinajstić information content (AvgIpc) is 3.20. The SMILES string of the molecule is Nc1c(Br)cc(C(=O)C[C@@H](NC(=O)COc2ccc(O)cc2)C(=O)N2CCC(N3CCc4ccccc4NC3=O)CC2)cc1Br. The Hall–Kier alpha value is -4.10. The molecule has 0 aromatic heterocycles. The number of nitrogens with zero attached hydrogens (tertiary/aromatic N) is 2. The third kappa shape index (κ3) is 7.95. The second-order valence-corrected chi connectivity index (χ2v) is 12.7. The highest BCUT2D eigenvalue weighted by Gasteiger charge is 2.35. The van der Waals surface area contributed by atoms with Crippen molar-refractivity contribution in [2.75, 3.05) is 37.3 Å². The summed E-state index contributed by atoms with van der Waals surface area (Å²) >= 11 is 6.70. The number of nitrogens with one attached hydrogen (secondary N) is 2. The number of aromatic hydroxyl groups is 1. The van der Waals surface area contributed by atoms with Gasteiger partial charge in [0.1, 0.15) is 17.5 Å². The molecule has 0 bridgehead atoms. The zero-order valence-electron chi connectivity index (χ0n) is 24.3. The molecule has 0 spiro atoms. The van der Waals surface area contributed by atoms with E-state index >= 15 is 0 Å². The summed E-state index contributed by atoms with van der Waals surface area (Å²) in [5.74, 6) is -0.903. The molecule has 0 saturated carbocycles. The number of fused-ring (bicyclic) bond motifs is 1. The van der Waals surface area contributed by atoms with Crippen molar-refractivity contribution in [3.8, 4) is 11.5 Å². The van der Waals surface area contributed by atoms with Crippen LogP contribution >= 0.6 is 31.9 Å². The number of para-hydroxylation sites is 1. The van der Waals surface area contributed by atoms with E-state index in [1.807, 2.05) is 29.2 Å². The summed E-state index contributed by atoms with van der Waals surface area (Å²) in [5.41, 5.74) is 8.63. The third-order valence-corrected chi connectivity index (χ3v) is 9.30. The lowest BCUT2D eigenvalue weighted by atomic mass is 9.99. The van der Waals surface area contributed by atoms with Crippen LogP contribution in [0.3, 0.4) is 0 Å². The Balaban J connectivity index is 1.25. The molecule has 2 aliphatic heterocycles. The number of phenols is 1. The molecule has 3 aromatic rings. The van der Waals surface area contributed by atoms with Gasteiger partial charge in [0.05, 0.1) is 5.69 Å². The maximum absolute atomic E-state index is 13.8. The molecule has 1 fully saturated rings. The number of carbonyl (C=O) groups is 4.